The van der Waals surface area contributed by atoms with Crippen molar-refractivity contribution in [3.63, 3.8) is 0 Å². The Bertz CT molecular complexity index is 1490. The average Bonchev–Trinajstić information content (AvgIpc) is 3.59. The number of carbonyl (C=O) groups excluding carboxylic acids is 3. The second-order valence-corrected chi connectivity index (χ2v) is 10.7. The van der Waals surface area contributed by atoms with Crippen molar-refractivity contribution >= 4 is 29.1 Å². The number of fused-ring (bicyclic) bond motifs is 2. The molecule has 3 aliphatic rings. The smallest absolute Gasteiger partial charge is 0.231 e. The molecule has 1 unspecified atom stereocenters. The highest BCUT2D eigenvalue weighted by Crippen LogP contribution is 2.56. The first kappa shape index (κ1) is 30.5. The molecule has 1 aliphatic carbocycles. The number of ether oxygens (including phenoxy) is 6. The maximum atomic E-state index is 14.2. The van der Waals surface area contributed by atoms with Gasteiger partial charge < -0.3 is 44.0 Å². The summed E-state index contributed by atoms with van der Waals surface area (Å²) in [4.78, 5) is 41.0. The van der Waals surface area contributed by atoms with E-state index in [9.17, 15) is 19.5 Å². The number of methoxy groups -OCH3 is 2. The van der Waals surface area contributed by atoms with Crippen molar-refractivity contribution in [3.8, 4) is 28.7 Å². The highest BCUT2D eigenvalue weighted by Gasteiger charge is 2.61. The van der Waals surface area contributed by atoms with Gasteiger partial charge in [0.25, 0.3) is 0 Å². The van der Waals surface area contributed by atoms with Gasteiger partial charge in [-0.15, -0.1) is 0 Å². The molecule has 230 valence electrons. The standard InChI is InChI=1S/C30H32ClNO11/c1-15-10-18(34)24(28(36)30(15)29(37)25-21(38-2)13-22(39-3)26(31)27(25)43-30)17(12-23(35)32-6-8-40-9-7-33)16-4-5-19-20(11-16)42-14-41-19/h4-5,11,13,15,17,33,36H,6-10,12,14H2,1-3H3,(H,32,35)/t15-,17?,30+/m1/s1. The van der Waals surface area contributed by atoms with Crippen LogP contribution >= 0.6 is 11.6 Å². The van der Waals surface area contributed by atoms with Crippen molar-refractivity contribution in [1.82, 2.24) is 5.32 Å². The summed E-state index contributed by atoms with van der Waals surface area (Å²) in [6.07, 6.45) is -0.415. The molecule has 13 heteroatoms. The third-order valence-corrected chi connectivity index (χ3v) is 8.21. The normalized spacial score (nSPS) is 21.1. The number of benzene rings is 2. The van der Waals surface area contributed by atoms with Crippen LogP contribution in [0, 0.1) is 5.92 Å². The van der Waals surface area contributed by atoms with E-state index in [1.165, 1.54) is 20.3 Å². The quantitative estimate of drug-likeness (QED) is 0.318. The average molecular weight is 618 g/mol. The number of Topliss-reactive ketones (excluding diaryl/α,β-unsaturated/α-hetero) is 2. The number of nitrogens with one attached hydrogen (secondary N) is 1. The van der Waals surface area contributed by atoms with E-state index in [2.05, 4.69) is 5.32 Å². The van der Waals surface area contributed by atoms with Gasteiger partial charge in [-0.25, -0.2) is 0 Å². The van der Waals surface area contributed by atoms with E-state index >= 15 is 0 Å². The predicted molar refractivity (Wildman–Crippen MR) is 152 cm³/mol. The van der Waals surface area contributed by atoms with Gasteiger partial charge in [-0.2, -0.15) is 0 Å². The minimum absolute atomic E-state index is 0.0112. The lowest BCUT2D eigenvalue weighted by atomic mass is 9.69. The summed E-state index contributed by atoms with van der Waals surface area (Å²) in [5.41, 5.74) is -1.64. The number of ketones is 2. The van der Waals surface area contributed by atoms with Gasteiger partial charge in [-0.1, -0.05) is 24.6 Å². The molecule has 2 aliphatic heterocycles. The van der Waals surface area contributed by atoms with E-state index in [0.717, 1.165) is 0 Å². The highest BCUT2D eigenvalue weighted by molar-refractivity contribution is 6.35. The molecule has 0 radical (unpaired) electrons. The Kier molecular flexibility index (Phi) is 8.72. The molecule has 1 spiro atoms. The number of carbonyl (C=O) groups is 3. The number of aliphatic hydroxyl groups excluding tert-OH is 2. The predicted octanol–water partition coefficient (Wildman–Crippen LogP) is 3.12. The molecular weight excluding hydrogens is 586 g/mol. The molecule has 3 N–H and O–H groups in total. The van der Waals surface area contributed by atoms with Crippen molar-refractivity contribution in [3.05, 3.63) is 51.7 Å². The van der Waals surface area contributed by atoms with Crippen LogP contribution < -0.4 is 29.0 Å². The third kappa shape index (κ3) is 5.23. The summed E-state index contributed by atoms with van der Waals surface area (Å²) < 4.78 is 33.2. The number of allylic oxidation sites excluding steroid dienone is 1. The number of rotatable bonds is 11. The maximum absolute atomic E-state index is 14.2. The number of hydrogen-bond acceptors (Lipinski definition) is 11. The van der Waals surface area contributed by atoms with Gasteiger partial charge in [0.1, 0.15) is 22.1 Å². The van der Waals surface area contributed by atoms with Crippen LogP contribution in [0.3, 0.4) is 0 Å². The van der Waals surface area contributed by atoms with Crippen molar-refractivity contribution < 1.29 is 53.0 Å². The van der Waals surface area contributed by atoms with Gasteiger partial charge in [-0.05, 0) is 17.7 Å². The van der Waals surface area contributed by atoms with Crippen LogP contribution in [0.2, 0.25) is 5.02 Å². The molecule has 3 atom stereocenters. The maximum Gasteiger partial charge on any atom is 0.231 e. The van der Waals surface area contributed by atoms with Crippen LogP contribution in [0.25, 0.3) is 0 Å². The Morgan fingerprint density at radius 3 is 2.60 bits per heavy atom. The van der Waals surface area contributed by atoms with E-state index in [4.69, 9.17) is 45.1 Å². The fourth-order valence-corrected chi connectivity index (χ4v) is 6.01. The van der Waals surface area contributed by atoms with E-state index < -0.39 is 40.7 Å². The minimum atomic E-state index is -2.00. The van der Waals surface area contributed by atoms with Crippen molar-refractivity contribution in [2.24, 2.45) is 5.92 Å². The monoisotopic (exact) mass is 617 g/mol. The van der Waals surface area contributed by atoms with E-state index in [-0.39, 0.29) is 79.4 Å². The topological polar surface area (TPSA) is 159 Å². The van der Waals surface area contributed by atoms with Crippen molar-refractivity contribution in [2.75, 3.05) is 47.4 Å². The summed E-state index contributed by atoms with van der Waals surface area (Å²) in [5, 5.41) is 23.6. The zero-order chi connectivity index (χ0) is 30.9. The van der Waals surface area contributed by atoms with Gasteiger partial charge in [-0.3, -0.25) is 14.4 Å². The first-order chi connectivity index (χ1) is 20.7. The number of aliphatic hydroxyl groups is 2. The molecule has 2 aromatic rings. The van der Waals surface area contributed by atoms with Gasteiger partial charge in [0.2, 0.25) is 24.1 Å². The summed E-state index contributed by atoms with van der Waals surface area (Å²) >= 11 is 6.55. The SMILES string of the molecule is COc1cc(OC)c2c(c1Cl)O[C@]1(C2=O)C(O)=C(C(CC(=O)NCCOCCO)c2ccc3c(c2)OCO3)C(=O)C[C@H]1C. The van der Waals surface area contributed by atoms with E-state index in [1.807, 2.05) is 0 Å². The lowest BCUT2D eigenvalue weighted by Gasteiger charge is -2.38. The molecule has 2 heterocycles. The molecule has 0 saturated carbocycles. The Labute approximate surface area is 252 Å². The van der Waals surface area contributed by atoms with Gasteiger partial charge in [0.15, 0.2) is 28.8 Å². The Morgan fingerprint density at radius 2 is 1.88 bits per heavy atom. The van der Waals surface area contributed by atoms with Crippen LogP contribution in [0.4, 0.5) is 0 Å². The Morgan fingerprint density at radius 1 is 1.14 bits per heavy atom. The lowest BCUT2D eigenvalue weighted by molar-refractivity contribution is -0.122. The van der Waals surface area contributed by atoms with Crippen LogP contribution in [0.15, 0.2) is 35.6 Å². The molecule has 0 fully saturated rings. The zero-order valence-electron chi connectivity index (χ0n) is 23.9. The third-order valence-electron chi connectivity index (χ3n) is 7.85. The number of hydrogen-bond donors (Lipinski definition) is 3. The number of amides is 1. The second-order valence-electron chi connectivity index (χ2n) is 10.3. The molecule has 12 nitrogen and oxygen atoms in total. The van der Waals surface area contributed by atoms with Crippen LogP contribution in [-0.4, -0.2) is 80.7 Å². The largest absolute Gasteiger partial charge is 0.507 e. The van der Waals surface area contributed by atoms with E-state index in [0.29, 0.717) is 17.1 Å². The van der Waals surface area contributed by atoms with Crippen LogP contribution in [0.1, 0.15) is 41.6 Å². The van der Waals surface area contributed by atoms with Crippen LogP contribution in [-0.2, 0) is 14.3 Å². The fourth-order valence-electron chi connectivity index (χ4n) is 5.74. The Balaban J connectivity index is 1.59. The summed E-state index contributed by atoms with van der Waals surface area (Å²) in [6.45, 7) is 1.94. The highest BCUT2D eigenvalue weighted by atomic mass is 35.5. The van der Waals surface area contributed by atoms with Crippen LogP contribution in [0.5, 0.6) is 28.7 Å². The van der Waals surface area contributed by atoms with Crippen molar-refractivity contribution in [2.45, 2.75) is 31.3 Å². The van der Waals surface area contributed by atoms with E-state index in [1.54, 1.807) is 25.1 Å². The summed E-state index contributed by atoms with van der Waals surface area (Å²) in [6, 6.07) is 6.41. The molecule has 1 amide bonds. The van der Waals surface area contributed by atoms with Gasteiger partial charge >= 0.3 is 0 Å². The second kappa shape index (κ2) is 12.3. The zero-order valence-corrected chi connectivity index (χ0v) is 24.6. The lowest BCUT2D eigenvalue weighted by Crippen LogP contribution is -2.53. The molecule has 0 saturated heterocycles. The molecule has 2 aromatic carbocycles. The Hall–Kier alpha value is -4.00. The molecule has 5 rings (SSSR count). The first-order valence-electron chi connectivity index (χ1n) is 13.7. The minimum Gasteiger partial charge on any atom is -0.507 e. The molecule has 43 heavy (non-hydrogen) atoms. The van der Waals surface area contributed by atoms with Crippen molar-refractivity contribution in [1.29, 1.82) is 0 Å². The first-order valence-corrected chi connectivity index (χ1v) is 14.1. The molecule has 0 aromatic heterocycles. The molecular formula is C30H32ClNO11. The summed E-state index contributed by atoms with van der Waals surface area (Å²) in [7, 11) is 2.77. The molecule has 0 bridgehead atoms. The summed E-state index contributed by atoms with van der Waals surface area (Å²) in [5.74, 6) is -2.70. The van der Waals surface area contributed by atoms with Gasteiger partial charge in [0.05, 0.1) is 34.0 Å². The fraction of sp³-hybridized carbons (Fsp3) is 0.433. The van der Waals surface area contributed by atoms with Gasteiger partial charge in [0, 0.05) is 42.9 Å². The number of halogens is 1.